The number of nitrogens with one attached hydrogen (secondary N) is 2. The van der Waals surface area contributed by atoms with Crippen LogP contribution in [0.2, 0.25) is 0 Å². The summed E-state index contributed by atoms with van der Waals surface area (Å²) >= 11 is 0. The van der Waals surface area contributed by atoms with Crippen LogP contribution in [0.5, 0.6) is 5.75 Å². The number of hydrogen-bond acceptors (Lipinski definition) is 9. The molecule has 43 heavy (non-hydrogen) atoms. The highest BCUT2D eigenvalue weighted by molar-refractivity contribution is 5.95. The number of carbonyl (C=O) groups is 2. The van der Waals surface area contributed by atoms with E-state index >= 15 is 0 Å². The van der Waals surface area contributed by atoms with E-state index < -0.39 is 48.6 Å². The molecular formula is C29H27FN6O7. The molecule has 2 fully saturated rings. The van der Waals surface area contributed by atoms with Gasteiger partial charge in [0, 0.05) is 12.6 Å². The number of benzene rings is 2. The highest BCUT2D eigenvalue weighted by Crippen LogP contribution is 2.41. The molecule has 0 saturated carbocycles. The first-order valence-electron chi connectivity index (χ1n) is 13.5. The molecule has 0 radical (unpaired) electrons. The second kappa shape index (κ2) is 12.1. The van der Waals surface area contributed by atoms with Crippen LogP contribution in [0.3, 0.4) is 0 Å². The lowest BCUT2D eigenvalue weighted by molar-refractivity contribution is -0.131. The normalized spacial score (nSPS) is 23.0. The number of ether oxygens (including phenoxy) is 4. The van der Waals surface area contributed by atoms with E-state index in [4.69, 9.17) is 18.9 Å². The second-order valence-corrected chi connectivity index (χ2v) is 9.69. The maximum atomic E-state index is 13.9. The van der Waals surface area contributed by atoms with Gasteiger partial charge in [0.1, 0.15) is 48.4 Å². The van der Waals surface area contributed by atoms with Gasteiger partial charge in [0.05, 0.1) is 6.33 Å². The first kappa shape index (κ1) is 28.2. The molecule has 2 aliphatic heterocycles. The molecule has 3 N–H and O–H groups in total. The molecule has 2 aliphatic rings. The number of hydrogen-bond donors (Lipinski definition) is 3. The van der Waals surface area contributed by atoms with Crippen molar-refractivity contribution in [1.82, 2.24) is 24.8 Å². The van der Waals surface area contributed by atoms with Crippen molar-refractivity contribution >= 4 is 35.1 Å². The molecule has 14 heteroatoms. The van der Waals surface area contributed by atoms with Crippen LogP contribution in [-0.2, 0) is 14.2 Å². The van der Waals surface area contributed by atoms with Crippen LogP contribution in [0.15, 0.2) is 67.3 Å². The second-order valence-electron chi connectivity index (χ2n) is 9.69. The van der Waals surface area contributed by atoms with E-state index in [-0.39, 0.29) is 23.7 Å². The minimum absolute atomic E-state index is 0.141. The third-order valence-electron chi connectivity index (χ3n) is 6.89. The summed E-state index contributed by atoms with van der Waals surface area (Å²) in [5.74, 6) is -1.83. The van der Waals surface area contributed by atoms with Crippen molar-refractivity contribution in [2.24, 2.45) is 0 Å². The van der Waals surface area contributed by atoms with E-state index in [9.17, 15) is 19.1 Å². The number of aromatic nitrogens is 4. The first-order chi connectivity index (χ1) is 20.9. The van der Waals surface area contributed by atoms with Gasteiger partial charge in [0.2, 0.25) is 0 Å². The van der Waals surface area contributed by atoms with Crippen molar-refractivity contribution in [1.29, 1.82) is 0 Å². The number of rotatable bonds is 9. The Morgan fingerprint density at radius 3 is 2.70 bits per heavy atom. The van der Waals surface area contributed by atoms with Crippen LogP contribution in [0.1, 0.15) is 29.1 Å². The van der Waals surface area contributed by atoms with Crippen molar-refractivity contribution in [3.05, 3.63) is 84.2 Å². The molecule has 2 aromatic carbocycles. The maximum Gasteiger partial charge on any atom is 0.339 e. The Labute approximate surface area is 244 Å². The SMILES string of the molecule is CCNC(=O)Nc1ncnc2c1ncn2C1OC(COc2cc(F)ccc2C(=O)O)C2O[C@H](/C=C/c3ccccc3)OC21. The van der Waals surface area contributed by atoms with E-state index in [2.05, 4.69) is 25.6 Å². The van der Waals surface area contributed by atoms with Crippen LogP contribution < -0.4 is 15.4 Å². The van der Waals surface area contributed by atoms with Gasteiger partial charge in [-0.05, 0) is 30.7 Å². The molecule has 4 unspecified atom stereocenters. The van der Waals surface area contributed by atoms with Gasteiger partial charge in [-0.2, -0.15) is 0 Å². The van der Waals surface area contributed by atoms with Gasteiger partial charge in [0.25, 0.3) is 0 Å². The Kier molecular flexibility index (Phi) is 7.96. The number of urea groups is 1. The Morgan fingerprint density at radius 1 is 1.09 bits per heavy atom. The first-order valence-corrected chi connectivity index (χ1v) is 13.5. The molecule has 13 nitrogen and oxygen atoms in total. The van der Waals surface area contributed by atoms with Crippen LogP contribution in [0.25, 0.3) is 17.2 Å². The van der Waals surface area contributed by atoms with Gasteiger partial charge in [-0.3, -0.25) is 9.88 Å². The Hall–Kier alpha value is -4.92. The van der Waals surface area contributed by atoms with Crippen LogP contribution in [0.4, 0.5) is 15.0 Å². The summed E-state index contributed by atoms with van der Waals surface area (Å²) in [5, 5.41) is 14.8. The molecule has 0 bridgehead atoms. The predicted octanol–water partition coefficient (Wildman–Crippen LogP) is 3.60. The molecule has 0 spiro atoms. The molecule has 2 amide bonds. The van der Waals surface area contributed by atoms with Gasteiger partial charge >= 0.3 is 12.0 Å². The topological polar surface area (TPSA) is 159 Å². The number of halogens is 1. The number of carboxylic acid groups (broad SMARTS) is 1. The summed E-state index contributed by atoms with van der Waals surface area (Å²) in [4.78, 5) is 36.7. The summed E-state index contributed by atoms with van der Waals surface area (Å²) in [7, 11) is 0. The third-order valence-corrected chi connectivity index (χ3v) is 6.89. The molecule has 2 aromatic heterocycles. The smallest absolute Gasteiger partial charge is 0.339 e. The van der Waals surface area contributed by atoms with Crippen molar-refractivity contribution in [2.75, 3.05) is 18.5 Å². The zero-order valence-electron chi connectivity index (χ0n) is 22.8. The van der Waals surface area contributed by atoms with Crippen LogP contribution in [0, 0.1) is 5.82 Å². The average Bonchev–Trinajstić information content (AvgIpc) is 3.70. The summed E-state index contributed by atoms with van der Waals surface area (Å²) in [5.41, 5.74) is 1.47. The number of imidazole rings is 1. The number of fused-ring (bicyclic) bond motifs is 2. The fourth-order valence-electron chi connectivity index (χ4n) is 4.97. The molecular weight excluding hydrogens is 563 g/mol. The number of carbonyl (C=O) groups excluding carboxylic acids is 1. The molecule has 222 valence electrons. The van der Waals surface area contributed by atoms with Crippen LogP contribution >= 0.6 is 0 Å². The number of nitrogens with zero attached hydrogens (tertiary/aromatic N) is 4. The quantitative estimate of drug-likeness (QED) is 0.263. The Balaban J connectivity index is 1.28. The third kappa shape index (κ3) is 5.88. The van der Waals surface area contributed by atoms with E-state index in [1.165, 1.54) is 12.7 Å². The lowest BCUT2D eigenvalue weighted by Gasteiger charge is -2.21. The molecule has 0 aliphatic carbocycles. The summed E-state index contributed by atoms with van der Waals surface area (Å²) in [6.07, 6.45) is 2.87. The zero-order valence-corrected chi connectivity index (χ0v) is 22.8. The van der Waals surface area contributed by atoms with Gasteiger partial charge in [-0.25, -0.2) is 28.9 Å². The van der Waals surface area contributed by atoms with E-state index in [0.717, 1.165) is 23.8 Å². The van der Waals surface area contributed by atoms with Gasteiger partial charge in [-0.1, -0.05) is 36.4 Å². The standard InChI is InChI=1S/C29H27FN6O7/c1-2-31-29(39)35-25-22-26(33-14-32-25)36(15-34-22)27-24-23(42-21(43-24)11-8-16-6-4-3-5-7-16)20(41-27)13-40-19-12-17(30)9-10-18(19)28(37)38/h3-12,14-15,20-21,23-24,27H,2,13H2,1H3,(H,37,38)(H2,31,32,33,35,39)/b11-8+/t20?,21-,23?,24?,27?/m0/s1. The molecule has 5 atom stereocenters. The monoisotopic (exact) mass is 590 g/mol. The lowest BCUT2D eigenvalue weighted by atomic mass is 10.1. The van der Waals surface area contributed by atoms with Crippen molar-refractivity contribution in [3.8, 4) is 5.75 Å². The number of carboxylic acids is 1. The highest BCUT2D eigenvalue weighted by atomic mass is 19.1. The average molecular weight is 591 g/mol. The summed E-state index contributed by atoms with van der Waals surface area (Å²) in [6, 6.07) is 12.4. The number of aromatic carboxylic acids is 1. The maximum absolute atomic E-state index is 13.9. The number of amides is 2. The van der Waals surface area contributed by atoms with E-state index in [1.807, 2.05) is 36.4 Å². The molecule has 4 heterocycles. The van der Waals surface area contributed by atoms with Crippen molar-refractivity contribution in [3.63, 3.8) is 0 Å². The fourth-order valence-corrected chi connectivity index (χ4v) is 4.97. The van der Waals surface area contributed by atoms with Gasteiger partial charge in [0.15, 0.2) is 29.5 Å². The largest absolute Gasteiger partial charge is 0.490 e. The molecule has 4 aromatic rings. The van der Waals surface area contributed by atoms with Gasteiger partial charge in [-0.15, -0.1) is 0 Å². The Bertz CT molecular complexity index is 1670. The lowest BCUT2D eigenvalue weighted by Crippen LogP contribution is -2.33. The predicted molar refractivity (Wildman–Crippen MR) is 150 cm³/mol. The number of anilines is 1. The zero-order chi connectivity index (χ0) is 29.9. The summed E-state index contributed by atoms with van der Waals surface area (Å²) in [6.45, 7) is 2.06. The highest BCUT2D eigenvalue weighted by Gasteiger charge is 2.53. The van der Waals surface area contributed by atoms with Crippen LogP contribution in [-0.4, -0.2) is 74.4 Å². The van der Waals surface area contributed by atoms with E-state index in [0.29, 0.717) is 17.7 Å². The molecule has 2 saturated heterocycles. The Morgan fingerprint density at radius 2 is 1.91 bits per heavy atom. The minimum atomic E-state index is -1.26. The van der Waals surface area contributed by atoms with Gasteiger partial charge < -0.3 is 29.4 Å². The fraction of sp³-hybridized carbons (Fsp3) is 0.276. The van der Waals surface area contributed by atoms with E-state index in [1.54, 1.807) is 17.6 Å². The minimum Gasteiger partial charge on any atom is -0.490 e. The summed E-state index contributed by atoms with van der Waals surface area (Å²) < 4.78 is 40.2. The van der Waals surface area contributed by atoms with Crippen molar-refractivity contribution < 1.29 is 38.0 Å². The van der Waals surface area contributed by atoms with Crippen molar-refractivity contribution in [2.45, 2.75) is 37.8 Å². The molecule has 6 rings (SSSR count).